The minimum atomic E-state index is -0.927. The van der Waals surface area contributed by atoms with Gasteiger partial charge in [-0.3, -0.25) is 0 Å². The number of para-hydroxylation sites is 1. The molecule has 2 fully saturated rings. The topological polar surface area (TPSA) is 83.0 Å². The highest BCUT2D eigenvalue weighted by molar-refractivity contribution is 5.68. The van der Waals surface area contributed by atoms with E-state index in [1.165, 1.54) is 18.2 Å². The quantitative estimate of drug-likeness (QED) is 0.702. The minimum Gasteiger partial charge on any atom is -0.471 e. The zero-order valence-electron chi connectivity index (χ0n) is 18.1. The van der Waals surface area contributed by atoms with Crippen LogP contribution in [0.2, 0.25) is 0 Å². The number of likely N-dealkylation sites (tertiary alicyclic amines) is 1. The van der Waals surface area contributed by atoms with E-state index in [4.69, 9.17) is 18.9 Å². The molecule has 2 aliphatic heterocycles. The van der Waals surface area contributed by atoms with Gasteiger partial charge in [0.2, 0.25) is 5.82 Å². The minimum absolute atomic E-state index is 0.160. The molecule has 2 saturated heterocycles. The Morgan fingerprint density at radius 2 is 1.75 bits per heavy atom. The smallest absolute Gasteiger partial charge is 0.410 e. The first kappa shape index (κ1) is 22.2. The first-order chi connectivity index (χ1) is 15.2. The van der Waals surface area contributed by atoms with Crippen LogP contribution in [0.25, 0.3) is 0 Å². The second-order valence-corrected chi connectivity index (χ2v) is 8.86. The number of piperidine rings is 1. The first-order valence-electron chi connectivity index (χ1n) is 10.4. The summed E-state index contributed by atoms with van der Waals surface area (Å²) in [5.74, 6) is -2.85. The van der Waals surface area contributed by atoms with Crippen LogP contribution in [0.15, 0.2) is 30.6 Å². The molecule has 32 heavy (non-hydrogen) atoms. The number of carbonyl (C=O) groups excluding carboxylic acids is 1. The van der Waals surface area contributed by atoms with Gasteiger partial charge < -0.3 is 23.8 Å². The zero-order valence-corrected chi connectivity index (χ0v) is 18.1. The number of carbonyl (C=O) groups is 1. The van der Waals surface area contributed by atoms with Crippen molar-refractivity contribution in [1.29, 1.82) is 0 Å². The van der Waals surface area contributed by atoms with Gasteiger partial charge in [0.25, 0.3) is 11.8 Å². The molecule has 1 aromatic heterocycles. The highest BCUT2D eigenvalue weighted by atomic mass is 19.1. The Labute approximate surface area is 184 Å². The Hall–Kier alpha value is -3.01. The van der Waals surface area contributed by atoms with Crippen molar-refractivity contribution in [3.63, 3.8) is 0 Å². The molecule has 0 saturated carbocycles. The second-order valence-electron chi connectivity index (χ2n) is 8.86. The van der Waals surface area contributed by atoms with Gasteiger partial charge in [-0.1, -0.05) is 12.1 Å². The van der Waals surface area contributed by atoms with Crippen LogP contribution in [0.4, 0.5) is 13.6 Å². The van der Waals surface area contributed by atoms with Gasteiger partial charge in [-0.25, -0.2) is 9.18 Å². The highest BCUT2D eigenvalue weighted by Crippen LogP contribution is 2.34. The molecule has 10 heteroatoms. The van der Waals surface area contributed by atoms with Gasteiger partial charge in [0.1, 0.15) is 18.0 Å². The van der Waals surface area contributed by atoms with E-state index >= 15 is 0 Å². The fourth-order valence-electron chi connectivity index (χ4n) is 3.82. The van der Waals surface area contributed by atoms with E-state index in [9.17, 15) is 13.6 Å². The Bertz CT molecular complexity index is 970. The number of hydrogen-bond donors (Lipinski definition) is 0. The average Bonchev–Trinajstić information content (AvgIpc) is 2.71. The van der Waals surface area contributed by atoms with Crippen LogP contribution in [-0.4, -0.2) is 59.0 Å². The third-order valence-electron chi connectivity index (χ3n) is 5.17. The van der Waals surface area contributed by atoms with Gasteiger partial charge in [-0.05, 0) is 32.9 Å². The van der Waals surface area contributed by atoms with Gasteiger partial charge in [-0.2, -0.15) is 14.4 Å². The maximum Gasteiger partial charge on any atom is 0.410 e. The summed E-state index contributed by atoms with van der Waals surface area (Å²) in [6.07, 6.45) is 0.270. The van der Waals surface area contributed by atoms with Crippen LogP contribution < -0.4 is 9.47 Å². The van der Waals surface area contributed by atoms with Crippen LogP contribution in [0.1, 0.15) is 20.8 Å². The van der Waals surface area contributed by atoms with Gasteiger partial charge in [0, 0.05) is 24.9 Å². The molecule has 3 heterocycles. The summed E-state index contributed by atoms with van der Waals surface area (Å²) in [6, 6.07) is 5.63. The number of halogens is 2. The third-order valence-corrected chi connectivity index (χ3v) is 5.17. The summed E-state index contributed by atoms with van der Waals surface area (Å²) in [7, 11) is 0. The molecule has 0 N–H and O–H groups in total. The summed E-state index contributed by atoms with van der Waals surface area (Å²) >= 11 is 0. The molecule has 2 bridgehead atoms. The molecule has 0 spiro atoms. The Balaban J connectivity index is 1.49. The number of hydrogen-bond acceptors (Lipinski definition) is 7. The zero-order chi connectivity index (χ0) is 22.9. The molecule has 0 radical (unpaired) electrons. The Morgan fingerprint density at radius 3 is 2.41 bits per heavy atom. The van der Waals surface area contributed by atoms with E-state index < -0.39 is 35.3 Å². The number of fused-ring (bicyclic) bond motifs is 2. The van der Waals surface area contributed by atoms with Crippen molar-refractivity contribution in [2.24, 2.45) is 11.8 Å². The highest BCUT2D eigenvalue weighted by Gasteiger charge is 2.45. The molecule has 0 aliphatic carbocycles. The molecule has 2 unspecified atom stereocenters. The number of nitrogens with zero attached hydrogens (tertiary/aromatic N) is 3. The molecule has 1 amide bonds. The fourth-order valence-corrected chi connectivity index (χ4v) is 3.82. The van der Waals surface area contributed by atoms with Gasteiger partial charge in [0.15, 0.2) is 11.6 Å². The van der Waals surface area contributed by atoms with E-state index in [1.54, 1.807) is 11.0 Å². The van der Waals surface area contributed by atoms with Crippen molar-refractivity contribution in [2.75, 3.05) is 26.3 Å². The molecule has 1 aromatic carbocycles. The van der Waals surface area contributed by atoms with Gasteiger partial charge >= 0.3 is 6.09 Å². The van der Waals surface area contributed by atoms with E-state index in [-0.39, 0.29) is 23.5 Å². The Kier molecular flexibility index (Phi) is 6.14. The summed E-state index contributed by atoms with van der Waals surface area (Å²) in [6.45, 7) is 6.83. The van der Waals surface area contributed by atoms with Crippen LogP contribution >= 0.6 is 0 Å². The summed E-state index contributed by atoms with van der Waals surface area (Å²) in [4.78, 5) is 21.8. The maximum absolute atomic E-state index is 15.0. The van der Waals surface area contributed by atoms with Gasteiger partial charge in [0.05, 0.1) is 13.2 Å². The molecule has 4 rings (SSSR count). The number of benzene rings is 1. The van der Waals surface area contributed by atoms with Crippen LogP contribution in [0, 0.1) is 23.5 Å². The van der Waals surface area contributed by atoms with E-state index in [1.807, 2.05) is 20.8 Å². The van der Waals surface area contributed by atoms with Crippen molar-refractivity contribution in [2.45, 2.75) is 32.5 Å². The second kappa shape index (κ2) is 8.85. The third kappa shape index (κ3) is 4.90. The lowest BCUT2D eigenvalue weighted by Gasteiger charge is -2.46. The molecule has 8 nitrogen and oxygen atoms in total. The molecule has 2 atom stereocenters. The number of aromatic nitrogens is 2. The predicted octanol–water partition coefficient (Wildman–Crippen LogP) is 3.81. The van der Waals surface area contributed by atoms with Crippen molar-refractivity contribution in [3.05, 3.63) is 42.2 Å². The van der Waals surface area contributed by atoms with Crippen molar-refractivity contribution in [3.8, 4) is 17.5 Å². The standard InChI is InChI=1S/C22H25F2N3O5/c1-22(2,3)32-21(28)27-8-13-10-29-11-14(9-27)18(13)31-20-17(24)19(25-12-26-20)30-16-7-5-4-6-15(16)23/h4-7,12-14,18H,8-11H2,1-3H3. The first-order valence-corrected chi connectivity index (χ1v) is 10.4. The molecular formula is C22H25F2N3O5. The van der Waals surface area contributed by atoms with Crippen molar-refractivity contribution in [1.82, 2.24) is 14.9 Å². The number of rotatable bonds is 4. The monoisotopic (exact) mass is 449 g/mol. The van der Waals surface area contributed by atoms with Gasteiger partial charge in [-0.15, -0.1) is 0 Å². The summed E-state index contributed by atoms with van der Waals surface area (Å²) in [5, 5.41) is 0. The number of ether oxygens (including phenoxy) is 4. The molecular weight excluding hydrogens is 424 g/mol. The van der Waals surface area contributed by atoms with E-state index in [2.05, 4.69) is 9.97 Å². The van der Waals surface area contributed by atoms with Crippen molar-refractivity contribution < 1.29 is 32.5 Å². The van der Waals surface area contributed by atoms with Crippen LogP contribution in [0.3, 0.4) is 0 Å². The molecule has 2 aliphatic rings. The lowest BCUT2D eigenvalue weighted by Crippen LogP contribution is -2.59. The van der Waals surface area contributed by atoms with Crippen LogP contribution in [0.5, 0.6) is 17.5 Å². The summed E-state index contributed by atoms with van der Waals surface area (Å²) < 4.78 is 51.2. The average molecular weight is 449 g/mol. The maximum atomic E-state index is 15.0. The van der Waals surface area contributed by atoms with Crippen molar-refractivity contribution >= 4 is 6.09 Å². The molecule has 172 valence electrons. The SMILES string of the molecule is CC(C)(C)OC(=O)N1CC2COCC(C1)C2Oc1ncnc(Oc2ccccc2F)c1F. The Morgan fingerprint density at radius 1 is 1.09 bits per heavy atom. The lowest BCUT2D eigenvalue weighted by molar-refractivity contribution is -0.114. The normalized spacial score (nSPS) is 22.9. The number of amides is 1. The predicted molar refractivity (Wildman–Crippen MR) is 108 cm³/mol. The fraction of sp³-hybridized carbons (Fsp3) is 0.500. The summed E-state index contributed by atoms with van der Waals surface area (Å²) in [5.41, 5.74) is -0.602. The van der Waals surface area contributed by atoms with E-state index in [0.29, 0.717) is 26.3 Å². The largest absolute Gasteiger partial charge is 0.471 e. The molecule has 2 aromatic rings. The van der Waals surface area contributed by atoms with Crippen LogP contribution in [-0.2, 0) is 9.47 Å². The van der Waals surface area contributed by atoms with E-state index in [0.717, 1.165) is 6.33 Å². The lowest BCUT2D eigenvalue weighted by atomic mass is 9.84.